The van der Waals surface area contributed by atoms with Crippen LogP contribution in [0.5, 0.6) is 0 Å². The Balaban J connectivity index is 1.92. The first-order chi connectivity index (χ1) is 10.4. The molecule has 22 heavy (non-hydrogen) atoms. The standard InChI is InChI=1S/C14H19N3O4S/c1-10-2-3-12(17(18)19)8-14(10)22(20,21)16-7-5-13-11(9-16)4-6-15-13/h2-3,8,11,13,15H,4-7,9H2,1H3. The summed E-state index contributed by atoms with van der Waals surface area (Å²) in [4.78, 5) is 10.4. The number of nitrogens with zero attached hydrogens (tertiary/aromatic N) is 2. The Morgan fingerprint density at radius 3 is 2.86 bits per heavy atom. The lowest BCUT2D eigenvalue weighted by Crippen LogP contribution is -2.46. The quantitative estimate of drug-likeness (QED) is 0.667. The Hall–Kier alpha value is -1.51. The van der Waals surface area contributed by atoms with Gasteiger partial charge in [0.2, 0.25) is 10.0 Å². The minimum atomic E-state index is -3.69. The van der Waals surface area contributed by atoms with E-state index in [0.29, 0.717) is 30.6 Å². The molecule has 2 aliphatic rings. The third kappa shape index (κ3) is 2.62. The van der Waals surface area contributed by atoms with Gasteiger partial charge in [0.05, 0.1) is 9.82 Å². The molecule has 8 heteroatoms. The number of benzene rings is 1. The molecule has 0 saturated carbocycles. The van der Waals surface area contributed by atoms with Gasteiger partial charge in [-0.2, -0.15) is 4.31 Å². The SMILES string of the molecule is Cc1ccc([N+](=O)[O-])cc1S(=O)(=O)N1CCC2NCCC2C1. The molecule has 2 aliphatic heterocycles. The lowest BCUT2D eigenvalue weighted by atomic mass is 9.95. The first-order valence-electron chi connectivity index (χ1n) is 7.38. The molecule has 0 bridgehead atoms. The van der Waals surface area contributed by atoms with E-state index in [-0.39, 0.29) is 10.6 Å². The summed E-state index contributed by atoms with van der Waals surface area (Å²) in [5, 5.41) is 14.3. The number of aryl methyl sites for hydroxylation is 1. The molecule has 0 amide bonds. The number of rotatable bonds is 3. The molecule has 2 fully saturated rings. The Labute approximate surface area is 129 Å². The monoisotopic (exact) mass is 325 g/mol. The largest absolute Gasteiger partial charge is 0.314 e. The van der Waals surface area contributed by atoms with E-state index >= 15 is 0 Å². The molecule has 2 heterocycles. The third-order valence-electron chi connectivity index (χ3n) is 4.62. The number of nitro groups is 1. The van der Waals surface area contributed by atoms with Gasteiger partial charge in [-0.25, -0.2) is 8.42 Å². The van der Waals surface area contributed by atoms with Crippen LogP contribution >= 0.6 is 0 Å². The second-order valence-electron chi connectivity index (χ2n) is 5.97. The van der Waals surface area contributed by atoms with Crippen LogP contribution < -0.4 is 5.32 Å². The Kier molecular flexibility index (Phi) is 3.92. The van der Waals surface area contributed by atoms with Crippen LogP contribution in [0, 0.1) is 23.0 Å². The highest BCUT2D eigenvalue weighted by Gasteiger charge is 2.38. The molecule has 7 nitrogen and oxygen atoms in total. The van der Waals surface area contributed by atoms with E-state index in [4.69, 9.17) is 0 Å². The van der Waals surface area contributed by atoms with E-state index < -0.39 is 14.9 Å². The first kappa shape index (κ1) is 15.4. The van der Waals surface area contributed by atoms with E-state index in [2.05, 4.69) is 5.32 Å². The number of piperidine rings is 1. The van der Waals surface area contributed by atoms with E-state index in [1.165, 1.54) is 22.5 Å². The van der Waals surface area contributed by atoms with Crippen molar-refractivity contribution < 1.29 is 13.3 Å². The fourth-order valence-electron chi connectivity index (χ4n) is 3.35. The van der Waals surface area contributed by atoms with Gasteiger partial charge in [0.25, 0.3) is 5.69 Å². The van der Waals surface area contributed by atoms with Gasteiger partial charge in [-0.15, -0.1) is 0 Å². The van der Waals surface area contributed by atoms with E-state index in [1.807, 2.05) is 0 Å². The summed E-state index contributed by atoms with van der Waals surface area (Å²) in [7, 11) is -3.69. The Morgan fingerprint density at radius 1 is 1.36 bits per heavy atom. The van der Waals surface area contributed by atoms with Crippen molar-refractivity contribution in [3.8, 4) is 0 Å². The molecule has 1 N–H and O–H groups in total. The predicted molar refractivity (Wildman–Crippen MR) is 81.1 cm³/mol. The molecular formula is C14H19N3O4S. The van der Waals surface area contributed by atoms with Crippen molar-refractivity contribution in [1.29, 1.82) is 0 Å². The summed E-state index contributed by atoms with van der Waals surface area (Å²) in [6.45, 7) is 3.54. The molecular weight excluding hydrogens is 306 g/mol. The topological polar surface area (TPSA) is 92.5 Å². The van der Waals surface area contributed by atoms with Crippen molar-refractivity contribution in [2.24, 2.45) is 5.92 Å². The van der Waals surface area contributed by atoms with Crippen LogP contribution in [0.1, 0.15) is 18.4 Å². The van der Waals surface area contributed by atoms with Crippen LogP contribution in [0.3, 0.4) is 0 Å². The van der Waals surface area contributed by atoms with Crippen molar-refractivity contribution in [3.05, 3.63) is 33.9 Å². The summed E-state index contributed by atoms with van der Waals surface area (Å²) < 4.78 is 27.2. The molecule has 120 valence electrons. The van der Waals surface area contributed by atoms with E-state index in [1.54, 1.807) is 6.92 Å². The fraction of sp³-hybridized carbons (Fsp3) is 0.571. The van der Waals surface area contributed by atoms with Gasteiger partial charge < -0.3 is 5.32 Å². The van der Waals surface area contributed by atoms with Gasteiger partial charge in [-0.05, 0) is 37.8 Å². The highest BCUT2D eigenvalue weighted by atomic mass is 32.2. The van der Waals surface area contributed by atoms with Gasteiger partial charge in [-0.1, -0.05) is 6.07 Å². The van der Waals surface area contributed by atoms with Crippen molar-refractivity contribution in [1.82, 2.24) is 9.62 Å². The second-order valence-corrected chi connectivity index (χ2v) is 7.87. The Bertz CT molecular complexity index is 704. The summed E-state index contributed by atoms with van der Waals surface area (Å²) in [6.07, 6.45) is 1.77. The van der Waals surface area contributed by atoms with Crippen molar-refractivity contribution >= 4 is 15.7 Å². The number of sulfonamides is 1. The normalized spacial score (nSPS) is 25.9. The molecule has 2 saturated heterocycles. The molecule has 2 atom stereocenters. The third-order valence-corrected chi connectivity index (χ3v) is 6.63. The van der Waals surface area contributed by atoms with Crippen LogP contribution in [0.4, 0.5) is 5.69 Å². The zero-order valence-corrected chi connectivity index (χ0v) is 13.2. The molecule has 0 aromatic heterocycles. The minimum Gasteiger partial charge on any atom is -0.314 e. The molecule has 0 aliphatic carbocycles. The van der Waals surface area contributed by atoms with Crippen molar-refractivity contribution in [2.75, 3.05) is 19.6 Å². The molecule has 0 radical (unpaired) electrons. The molecule has 0 spiro atoms. The Morgan fingerprint density at radius 2 is 2.14 bits per heavy atom. The van der Waals surface area contributed by atoms with Crippen molar-refractivity contribution in [2.45, 2.75) is 30.7 Å². The smallest absolute Gasteiger partial charge is 0.270 e. The molecule has 2 unspecified atom stereocenters. The lowest BCUT2D eigenvalue weighted by Gasteiger charge is -2.34. The number of hydrogen-bond donors (Lipinski definition) is 1. The van der Waals surface area contributed by atoms with E-state index in [0.717, 1.165) is 19.4 Å². The number of fused-ring (bicyclic) bond motifs is 1. The maximum Gasteiger partial charge on any atom is 0.270 e. The lowest BCUT2D eigenvalue weighted by molar-refractivity contribution is -0.385. The molecule has 1 aromatic carbocycles. The minimum absolute atomic E-state index is 0.0473. The van der Waals surface area contributed by atoms with Gasteiger partial charge in [0.15, 0.2) is 0 Å². The molecule has 3 rings (SSSR count). The number of nitrogens with one attached hydrogen (secondary N) is 1. The van der Waals surface area contributed by atoms with Gasteiger partial charge in [-0.3, -0.25) is 10.1 Å². The predicted octanol–water partition coefficient (Wildman–Crippen LogP) is 1.28. The average molecular weight is 325 g/mol. The van der Waals surface area contributed by atoms with Gasteiger partial charge in [0.1, 0.15) is 0 Å². The number of nitro benzene ring substituents is 1. The van der Waals surface area contributed by atoms with Crippen LogP contribution in [0.15, 0.2) is 23.1 Å². The number of non-ortho nitro benzene ring substituents is 1. The summed E-state index contributed by atoms with van der Waals surface area (Å²) >= 11 is 0. The molecule has 1 aromatic rings. The zero-order valence-electron chi connectivity index (χ0n) is 12.4. The highest BCUT2D eigenvalue weighted by molar-refractivity contribution is 7.89. The van der Waals surface area contributed by atoms with Crippen LogP contribution in [-0.4, -0.2) is 43.3 Å². The maximum absolute atomic E-state index is 12.9. The van der Waals surface area contributed by atoms with Crippen LogP contribution in [-0.2, 0) is 10.0 Å². The number of hydrogen-bond acceptors (Lipinski definition) is 5. The van der Waals surface area contributed by atoms with Crippen LogP contribution in [0.25, 0.3) is 0 Å². The highest BCUT2D eigenvalue weighted by Crippen LogP contribution is 2.30. The van der Waals surface area contributed by atoms with Crippen LogP contribution in [0.2, 0.25) is 0 Å². The zero-order chi connectivity index (χ0) is 15.9. The fourth-order valence-corrected chi connectivity index (χ4v) is 5.11. The maximum atomic E-state index is 12.9. The van der Waals surface area contributed by atoms with Gasteiger partial charge >= 0.3 is 0 Å². The summed E-state index contributed by atoms with van der Waals surface area (Å²) in [5.74, 6) is 0.336. The van der Waals surface area contributed by atoms with E-state index in [9.17, 15) is 18.5 Å². The van der Waals surface area contributed by atoms with Crippen molar-refractivity contribution in [3.63, 3.8) is 0 Å². The summed E-state index contributed by atoms with van der Waals surface area (Å²) in [6, 6.07) is 4.40. The second kappa shape index (κ2) is 5.60. The summed E-state index contributed by atoms with van der Waals surface area (Å²) in [5.41, 5.74) is 0.346. The average Bonchev–Trinajstić information content (AvgIpc) is 2.94. The first-order valence-corrected chi connectivity index (χ1v) is 8.82. The van der Waals surface area contributed by atoms with Gasteiger partial charge in [0, 0.05) is 31.3 Å².